The molecule has 0 spiro atoms. The number of likely N-dealkylation sites (N-methyl/N-ethyl adjacent to an activating group) is 1. The molecule has 0 amide bonds. The molecule has 20 heavy (non-hydrogen) atoms. The summed E-state index contributed by atoms with van der Waals surface area (Å²) in [5.74, 6) is 1.50. The Kier molecular flexibility index (Phi) is 4.94. The molecular weight excluding hydrogens is 254 g/mol. The fourth-order valence-corrected chi connectivity index (χ4v) is 2.56. The van der Waals surface area contributed by atoms with Crippen LogP contribution in [0.5, 0.6) is 0 Å². The number of nitrogens with zero attached hydrogens (tertiary/aromatic N) is 5. The Morgan fingerprint density at radius 2 is 2.05 bits per heavy atom. The SMILES string of the molecule is CCN(CC)c1nc(N)nc(NC2CCCN(C)C2)n1. The number of hydrogen-bond donors (Lipinski definition) is 2. The molecule has 1 aliphatic rings. The smallest absolute Gasteiger partial charge is 0.231 e. The van der Waals surface area contributed by atoms with Crippen molar-refractivity contribution in [3.05, 3.63) is 0 Å². The number of anilines is 3. The highest BCUT2D eigenvalue weighted by Gasteiger charge is 2.18. The fourth-order valence-electron chi connectivity index (χ4n) is 2.56. The van der Waals surface area contributed by atoms with E-state index in [1.807, 2.05) is 0 Å². The minimum Gasteiger partial charge on any atom is -0.368 e. The van der Waals surface area contributed by atoms with Crippen LogP contribution in [0.15, 0.2) is 0 Å². The normalized spacial score (nSPS) is 19.9. The monoisotopic (exact) mass is 279 g/mol. The maximum atomic E-state index is 5.80. The second kappa shape index (κ2) is 6.69. The molecule has 2 heterocycles. The van der Waals surface area contributed by atoms with Crippen LogP contribution in [0, 0.1) is 0 Å². The van der Waals surface area contributed by atoms with Crippen LogP contribution in [0.4, 0.5) is 17.8 Å². The number of nitrogens with two attached hydrogens (primary N) is 1. The predicted molar refractivity (Wildman–Crippen MR) is 81.9 cm³/mol. The summed E-state index contributed by atoms with van der Waals surface area (Å²) in [7, 11) is 2.14. The molecule has 112 valence electrons. The second-order valence-electron chi connectivity index (χ2n) is 5.24. The van der Waals surface area contributed by atoms with Gasteiger partial charge in [-0.25, -0.2) is 0 Å². The van der Waals surface area contributed by atoms with Gasteiger partial charge in [-0.2, -0.15) is 15.0 Å². The van der Waals surface area contributed by atoms with Gasteiger partial charge in [0.2, 0.25) is 17.8 Å². The zero-order chi connectivity index (χ0) is 14.5. The Hall–Kier alpha value is -1.63. The Balaban J connectivity index is 2.11. The quantitative estimate of drug-likeness (QED) is 0.825. The molecule has 1 aromatic heterocycles. The molecule has 1 atom stereocenters. The van der Waals surface area contributed by atoms with E-state index in [-0.39, 0.29) is 5.95 Å². The molecule has 3 N–H and O–H groups in total. The third kappa shape index (κ3) is 3.69. The summed E-state index contributed by atoms with van der Waals surface area (Å²) in [4.78, 5) is 17.3. The second-order valence-corrected chi connectivity index (χ2v) is 5.24. The molecule has 7 heteroatoms. The Labute approximate surface area is 120 Å². The molecule has 0 radical (unpaired) electrons. The molecule has 7 nitrogen and oxygen atoms in total. The molecular formula is C13H25N7. The molecule has 1 unspecified atom stereocenters. The largest absolute Gasteiger partial charge is 0.368 e. The van der Waals surface area contributed by atoms with Crippen molar-refractivity contribution in [3.8, 4) is 0 Å². The van der Waals surface area contributed by atoms with E-state index < -0.39 is 0 Å². The van der Waals surface area contributed by atoms with Crippen LogP contribution in [0.25, 0.3) is 0 Å². The molecule has 1 saturated heterocycles. The average molecular weight is 279 g/mol. The van der Waals surface area contributed by atoms with Crippen molar-refractivity contribution >= 4 is 17.8 Å². The van der Waals surface area contributed by atoms with Crippen LogP contribution in [-0.2, 0) is 0 Å². The summed E-state index contributed by atoms with van der Waals surface area (Å²) < 4.78 is 0. The summed E-state index contributed by atoms with van der Waals surface area (Å²) >= 11 is 0. The highest BCUT2D eigenvalue weighted by atomic mass is 15.3. The van der Waals surface area contributed by atoms with E-state index in [4.69, 9.17) is 5.73 Å². The fraction of sp³-hybridized carbons (Fsp3) is 0.769. The van der Waals surface area contributed by atoms with Gasteiger partial charge >= 0.3 is 0 Å². The Morgan fingerprint density at radius 3 is 2.70 bits per heavy atom. The van der Waals surface area contributed by atoms with Crippen LogP contribution >= 0.6 is 0 Å². The van der Waals surface area contributed by atoms with Gasteiger partial charge in [-0.3, -0.25) is 0 Å². The first-order valence-corrected chi connectivity index (χ1v) is 7.34. The lowest BCUT2D eigenvalue weighted by atomic mass is 10.1. The maximum Gasteiger partial charge on any atom is 0.231 e. The predicted octanol–water partition coefficient (Wildman–Crippen LogP) is 0.806. The van der Waals surface area contributed by atoms with Crippen LogP contribution < -0.4 is 16.0 Å². The van der Waals surface area contributed by atoms with Crippen molar-refractivity contribution in [2.75, 3.05) is 49.2 Å². The highest BCUT2D eigenvalue weighted by molar-refractivity contribution is 5.42. The van der Waals surface area contributed by atoms with Gasteiger partial charge in [0, 0.05) is 25.7 Å². The van der Waals surface area contributed by atoms with Crippen molar-refractivity contribution in [3.63, 3.8) is 0 Å². The number of rotatable bonds is 5. The molecule has 1 aromatic rings. The van der Waals surface area contributed by atoms with E-state index in [2.05, 4.69) is 51.0 Å². The van der Waals surface area contributed by atoms with Gasteiger partial charge in [-0.15, -0.1) is 0 Å². The lowest BCUT2D eigenvalue weighted by Crippen LogP contribution is -2.40. The van der Waals surface area contributed by atoms with Crippen LogP contribution in [0.3, 0.4) is 0 Å². The van der Waals surface area contributed by atoms with Crippen molar-refractivity contribution in [2.45, 2.75) is 32.7 Å². The van der Waals surface area contributed by atoms with E-state index in [0.717, 1.165) is 32.6 Å². The van der Waals surface area contributed by atoms with Crippen molar-refractivity contribution < 1.29 is 0 Å². The number of likely N-dealkylation sites (tertiary alicyclic amines) is 1. The van der Waals surface area contributed by atoms with Crippen molar-refractivity contribution in [1.29, 1.82) is 0 Å². The van der Waals surface area contributed by atoms with Gasteiger partial charge in [0.05, 0.1) is 0 Å². The van der Waals surface area contributed by atoms with Gasteiger partial charge in [-0.05, 0) is 40.3 Å². The standard InChI is InChI=1S/C13H25N7/c1-4-20(5-2)13-17-11(14)16-12(18-13)15-10-7-6-8-19(3)9-10/h10H,4-9H2,1-3H3,(H3,14,15,16,17,18). The van der Waals surface area contributed by atoms with Gasteiger partial charge in [0.15, 0.2) is 0 Å². The summed E-state index contributed by atoms with van der Waals surface area (Å²) in [5.41, 5.74) is 5.80. The zero-order valence-electron chi connectivity index (χ0n) is 12.6. The van der Waals surface area contributed by atoms with E-state index in [1.165, 1.54) is 6.42 Å². The van der Waals surface area contributed by atoms with Gasteiger partial charge in [0.25, 0.3) is 0 Å². The first-order chi connectivity index (χ1) is 9.62. The molecule has 2 rings (SSSR count). The van der Waals surface area contributed by atoms with Gasteiger partial charge in [0.1, 0.15) is 0 Å². The number of nitrogen functional groups attached to an aromatic ring is 1. The topological polar surface area (TPSA) is 83.2 Å². The van der Waals surface area contributed by atoms with Crippen molar-refractivity contribution in [2.24, 2.45) is 0 Å². The first-order valence-electron chi connectivity index (χ1n) is 7.34. The Bertz CT molecular complexity index is 433. The highest BCUT2D eigenvalue weighted by Crippen LogP contribution is 2.15. The Morgan fingerprint density at radius 1 is 1.30 bits per heavy atom. The van der Waals surface area contributed by atoms with E-state index in [9.17, 15) is 0 Å². The van der Waals surface area contributed by atoms with Gasteiger partial charge in [-0.1, -0.05) is 0 Å². The third-order valence-corrected chi connectivity index (χ3v) is 3.64. The van der Waals surface area contributed by atoms with Crippen LogP contribution in [0.2, 0.25) is 0 Å². The number of hydrogen-bond acceptors (Lipinski definition) is 7. The maximum absolute atomic E-state index is 5.80. The van der Waals surface area contributed by atoms with Crippen LogP contribution in [0.1, 0.15) is 26.7 Å². The van der Waals surface area contributed by atoms with Gasteiger partial charge < -0.3 is 20.9 Å². The minimum absolute atomic E-state index is 0.272. The molecule has 0 aliphatic carbocycles. The van der Waals surface area contributed by atoms with E-state index >= 15 is 0 Å². The van der Waals surface area contributed by atoms with Crippen molar-refractivity contribution in [1.82, 2.24) is 19.9 Å². The van der Waals surface area contributed by atoms with E-state index in [1.54, 1.807) is 0 Å². The lowest BCUT2D eigenvalue weighted by Gasteiger charge is -2.30. The summed E-state index contributed by atoms with van der Waals surface area (Å²) in [6, 6.07) is 0.375. The summed E-state index contributed by atoms with van der Waals surface area (Å²) in [6.07, 6.45) is 2.33. The molecule has 0 aromatic carbocycles. The summed E-state index contributed by atoms with van der Waals surface area (Å²) in [5, 5.41) is 3.38. The first kappa shape index (κ1) is 14.8. The number of aromatic nitrogens is 3. The molecule has 1 fully saturated rings. The molecule has 0 bridgehead atoms. The average Bonchev–Trinajstić information content (AvgIpc) is 2.39. The van der Waals surface area contributed by atoms with Crippen LogP contribution in [-0.4, -0.2) is 59.1 Å². The summed E-state index contributed by atoms with van der Waals surface area (Å²) in [6.45, 7) is 8.02. The number of nitrogens with one attached hydrogen (secondary N) is 1. The minimum atomic E-state index is 0.272. The lowest BCUT2D eigenvalue weighted by molar-refractivity contribution is 0.260. The number of piperidine rings is 1. The van der Waals surface area contributed by atoms with E-state index in [0.29, 0.717) is 17.9 Å². The third-order valence-electron chi connectivity index (χ3n) is 3.64. The molecule has 1 aliphatic heterocycles. The zero-order valence-corrected chi connectivity index (χ0v) is 12.6. The molecule has 0 saturated carbocycles.